The minimum Gasteiger partial charge on any atom is -0.325 e. The fourth-order valence-electron chi connectivity index (χ4n) is 1.82. The van der Waals surface area contributed by atoms with Crippen molar-refractivity contribution in [2.45, 2.75) is 39.4 Å². The first-order chi connectivity index (χ1) is 7.41. The summed E-state index contributed by atoms with van der Waals surface area (Å²) in [6.07, 6.45) is 0.671. The lowest BCUT2D eigenvalue weighted by Crippen LogP contribution is -2.38. The third kappa shape index (κ3) is 2.95. The van der Waals surface area contributed by atoms with Crippen molar-refractivity contribution in [1.29, 1.82) is 0 Å². The van der Waals surface area contributed by atoms with Gasteiger partial charge in [-0.25, -0.2) is 8.42 Å². The Balaban J connectivity index is 2.58. The standard InChI is InChI=1S/C10H20N2O3S/c1-4-9-10(13)12(8(3)11-9)6-7-16(14,15)5-2/h8-9,11H,4-7H2,1-3H3. The fraction of sp³-hybridized carbons (Fsp3) is 0.900. The van der Waals surface area contributed by atoms with E-state index in [1.54, 1.807) is 11.8 Å². The van der Waals surface area contributed by atoms with Gasteiger partial charge in [0, 0.05) is 12.3 Å². The molecule has 1 amide bonds. The van der Waals surface area contributed by atoms with Gasteiger partial charge in [-0.15, -0.1) is 0 Å². The zero-order chi connectivity index (χ0) is 12.3. The molecular formula is C10H20N2O3S. The molecule has 2 unspecified atom stereocenters. The molecule has 5 nitrogen and oxygen atoms in total. The number of amides is 1. The highest BCUT2D eigenvalue weighted by atomic mass is 32.2. The average Bonchev–Trinajstić information content (AvgIpc) is 2.51. The van der Waals surface area contributed by atoms with E-state index in [0.29, 0.717) is 6.54 Å². The molecule has 1 fully saturated rings. The van der Waals surface area contributed by atoms with Gasteiger partial charge in [0.25, 0.3) is 0 Å². The molecule has 1 heterocycles. The van der Waals surface area contributed by atoms with Crippen molar-refractivity contribution in [2.75, 3.05) is 18.1 Å². The van der Waals surface area contributed by atoms with Crippen LogP contribution >= 0.6 is 0 Å². The maximum Gasteiger partial charge on any atom is 0.241 e. The molecule has 6 heteroatoms. The quantitative estimate of drug-likeness (QED) is 0.742. The highest BCUT2D eigenvalue weighted by Crippen LogP contribution is 2.12. The predicted octanol–water partition coefficient (Wildman–Crippen LogP) is -0.0225. The summed E-state index contributed by atoms with van der Waals surface area (Å²) in [5, 5.41) is 3.14. The van der Waals surface area contributed by atoms with Gasteiger partial charge in [0.15, 0.2) is 9.84 Å². The number of sulfone groups is 1. The van der Waals surface area contributed by atoms with Crippen molar-refractivity contribution in [3.05, 3.63) is 0 Å². The molecule has 94 valence electrons. The second kappa shape index (κ2) is 5.14. The van der Waals surface area contributed by atoms with E-state index in [9.17, 15) is 13.2 Å². The Kier molecular flexibility index (Phi) is 4.32. The van der Waals surface area contributed by atoms with Gasteiger partial charge in [0.05, 0.1) is 18.0 Å². The van der Waals surface area contributed by atoms with E-state index >= 15 is 0 Å². The molecule has 2 atom stereocenters. The number of nitrogens with one attached hydrogen (secondary N) is 1. The largest absolute Gasteiger partial charge is 0.325 e. The van der Waals surface area contributed by atoms with Gasteiger partial charge in [0.2, 0.25) is 5.91 Å². The molecule has 16 heavy (non-hydrogen) atoms. The minimum absolute atomic E-state index is 0.0151. The molecule has 0 saturated carbocycles. The number of carbonyl (C=O) groups excluding carboxylic acids is 1. The predicted molar refractivity (Wildman–Crippen MR) is 62.7 cm³/mol. The highest BCUT2D eigenvalue weighted by molar-refractivity contribution is 7.91. The molecule has 0 aromatic carbocycles. The maximum absolute atomic E-state index is 11.8. The van der Waals surface area contributed by atoms with Crippen LogP contribution in [0.3, 0.4) is 0 Å². The van der Waals surface area contributed by atoms with Gasteiger partial charge in [-0.1, -0.05) is 13.8 Å². The topological polar surface area (TPSA) is 66.5 Å². The van der Waals surface area contributed by atoms with E-state index < -0.39 is 9.84 Å². The third-order valence-electron chi connectivity index (χ3n) is 2.98. The number of nitrogens with zero attached hydrogens (tertiary/aromatic N) is 1. The summed E-state index contributed by atoms with van der Waals surface area (Å²) in [5.41, 5.74) is 0. The monoisotopic (exact) mass is 248 g/mol. The summed E-state index contributed by atoms with van der Waals surface area (Å²) in [5.74, 6) is 0.201. The molecule has 0 aromatic heterocycles. The molecule has 0 aliphatic carbocycles. The van der Waals surface area contributed by atoms with Crippen LogP contribution in [0.2, 0.25) is 0 Å². The molecule has 1 aliphatic rings. The minimum atomic E-state index is -3.00. The number of carbonyl (C=O) groups is 1. The Hall–Kier alpha value is -0.620. The van der Waals surface area contributed by atoms with Crippen molar-refractivity contribution in [2.24, 2.45) is 0 Å². The second-order valence-corrected chi connectivity index (χ2v) is 6.54. The Morgan fingerprint density at radius 2 is 2.00 bits per heavy atom. The van der Waals surface area contributed by atoms with Gasteiger partial charge in [-0.2, -0.15) is 0 Å². The van der Waals surface area contributed by atoms with E-state index in [1.165, 1.54) is 0 Å². The number of hydrogen-bond donors (Lipinski definition) is 1. The first-order valence-electron chi connectivity index (χ1n) is 5.68. The van der Waals surface area contributed by atoms with Gasteiger partial charge in [0.1, 0.15) is 0 Å². The summed E-state index contributed by atoms with van der Waals surface area (Å²) < 4.78 is 22.7. The Morgan fingerprint density at radius 3 is 2.44 bits per heavy atom. The lowest BCUT2D eigenvalue weighted by atomic mass is 10.2. The lowest BCUT2D eigenvalue weighted by Gasteiger charge is -2.20. The SMILES string of the molecule is CCC1NC(C)N(CCS(=O)(=O)CC)C1=O. The summed E-state index contributed by atoms with van der Waals surface area (Å²) in [7, 11) is -3.00. The summed E-state index contributed by atoms with van der Waals surface area (Å²) in [6.45, 7) is 5.73. The van der Waals surface area contributed by atoms with Crippen LogP contribution in [-0.2, 0) is 14.6 Å². The van der Waals surface area contributed by atoms with Crippen LogP contribution in [0.1, 0.15) is 27.2 Å². The van der Waals surface area contributed by atoms with Crippen LogP contribution in [0.5, 0.6) is 0 Å². The van der Waals surface area contributed by atoms with Crippen LogP contribution < -0.4 is 5.32 Å². The van der Waals surface area contributed by atoms with E-state index in [-0.39, 0.29) is 29.6 Å². The molecule has 1 N–H and O–H groups in total. The van der Waals surface area contributed by atoms with E-state index in [0.717, 1.165) is 6.42 Å². The molecule has 0 bridgehead atoms. The smallest absolute Gasteiger partial charge is 0.241 e. The molecule has 0 spiro atoms. The van der Waals surface area contributed by atoms with Crippen molar-refractivity contribution in [3.8, 4) is 0 Å². The van der Waals surface area contributed by atoms with Crippen LogP contribution in [-0.4, -0.2) is 49.5 Å². The van der Waals surface area contributed by atoms with Gasteiger partial charge in [-0.05, 0) is 13.3 Å². The first kappa shape index (κ1) is 13.4. The Labute approximate surface area is 97.1 Å². The normalized spacial score (nSPS) is 26.4. The molecule has 1 saturated heterocycles. The van der Waals surface area contributed by atoms with Crippen molar-refractivity contribution < 1.29 is 13.2 Å². The van der Waals surface area contributed by atoms with Crippen molar-refractivity contribution in [3.63, 3.8) is 0 Å². The fourth-order valence-corrected chi connectivity index (χ4v) is 2.59. The van der Waals surface area contributed by atoms with Crippen LogP contribution in [0.4, 0.5) is 0 Å². The lowest BCUT2D eigenvalue weighted by molar-refractivity contribution is -0.129. The van der Waals surface area contributed by atoms with Gasteiger partial charge >= 0.3 is 0 Å². The van der Waals surface area contributed by atoms with Crippen LogP contribution in [0.15, 0.2) is 0 Å². The Bertz CT molecular complexity index is 353. The highest BCUT2D eigenvalue weighted by Gasteiger charge is 2.35. The van der Waals surface area contributed by atoms with Crippen LogP contribution in [0, 0.1) is 0 Å². The molecule has 1 aliphatic heterocycles. The number of hydrogen-bond acceptors (Lipinski definition) is 4. The molecule has 0 aromatic rings. The summed E-state index contributed by atoms with van der Waals surface area (Å²) in [6, 6.07) is -0.153. The van der Waals surface area contributed by atoms with E-state index in [4.69, 9.17) is 0 Å². The average molecular weight is 248 g/mol. The first-order valence-corrected chi connectivity index (χ1v) is 7.50. The van der Waals surface area contributed by atoms with Gasteiger partial charge in [-0.3, -0.25) is 10.1 Å². The van der Waals surface area contributed by atoms with Crippen molar-refractivity contribution in [1.82, 2.24) is 10.2 Å². The molecular weight excluding hydrogens is 228 g/mol. The van der Waals surface area contributed by atoms with Crippen molar-refractivity contribution >= 4 is 15.7 Å². The van der Waals surface area contributed by atoms with E-state index in [2.05, 4.69) is 5.32 Å². The summed E-state index contributed by atoms with van der Waals surface area (Å²) in [4.78, 5) is 13.4. The van der Waals surface area contributed by atoms with Crippen LogP contribution in [0.25, 0.3) is 0 Å². The molecule has 1 rings (SSSR count). The zero-order valence-corrected chi connectivity index (χ0v) is 10.9. The number of rotatable bonds is 5. The zero-order valence-electron chi connectivity index (χ0n) is 10.1. The molecule has 0 radical (unpaired) electrons. The summed E-state index contributed by atoms with van der Waals surface area (Å²) >= 11 is 0. The maximum atomic E-state index is 11.8. The van der Waals surface area contributed by atoms with Gasteiger partial charge < -0.3 is 4.90 Å². The third-order valence-corrected chi connectivity index (χ3v) is 4.67. The second-order valence-electron chi connectivity index (χ2n) is 4.07. The van der Waals surface area contributed by atoms with E-state index in [1.807, 2.05) is 13.8 Å². The Morgan fingerprint density at radius 1 is 1.38 bits per heavy atom.